The smallest absolute Gasteiger partial charge is 0.220 e. The third-order valence-corrected chi connectivity index (χ3v) is 3.18. The molecule has 0 aliphatic heterocycles. The second-order valence-electron chi connectivity index (χ2n) is 5.30. The minimum absolute atomic E-state index is 0.0155. The molecule has 0 saturated heterocycles. The van der Waals surface area contributed by atoms with Gasteiger partial charge in [0, 0.05) is 19.6 Å². The summed E-state index contributed by atoms with van der Waals surface area (Å²) in [5.41, 5.74) is -0.0155. The van der Waals surface area contributed by atoms with Crippen molar-refractivity contribution in [2.75, 3.05) is 13.2 Å². The van der Waals surface area contributed by atoms with Gasteiger partial charge in [0.25, 0.3) is 0 Å². The van der Waals surface area contributed by atoms with Crippen LogP contribution in [0.15, 0.2) is 0 Å². The summed E-state index contributed by atoms with van der Waals surface area (Å²) in [4.78, 5) is 11.6. The number of carbonyl (C=O) groups is 1. The third-order valence-electron chi connectivity index (χ3n) is 3.18. The quantitative estimate of drug-likeness (QED) is 0.671. The summed E-state index contributed by atoms with van der Waals surface area (Å²) in [6, 6.07) is 0. The zero-order valence-corrected chi connectivity index (χ0v) is 11.2. The van der Waals surface area contributed by atoms with Crippen LogP contribution < -0.4 is 5.32 Å². The van der Waals surface area contributed by atoms with Crippen molar-refractivity contribution < 1.29 is 9.90 Å². The van der Waals surface area contributed by atoms with Gasteiger partial charge in [-0.2, -0.15) is 0 Å². The van der Waals surface area contributed by atoms with Gasteiger partial charge in [-0.1, -0.05) is 40.5 Å². The van der Waals surface area contributed by atoms with Crippen LogP contribution in [0.25, 0.3) is 0 Å². The van der Waals surface area contributed by atoms with Gasteiger partial charge in [0.1, 0.15) is 0 Å². The molecule has 3 heteroatoms. The normalized spacial score (nSPS) is 11.9. The molecule has 0 saturated carbocycles. The topological polar surface area (TPSA) is 49.3 Å². The van der Waals surface area contributed by atoms with E-state index in [0.717, 1.165) is 19.3 Å². The molecule has 0 aromatic carbocycles. The van der Waals surface area contributed by atoms with Crippen LogP contribution in [-0.4, -0.2) is 24.2 Å². The Kier molecular flexibility index (Phi) is 7.39. The van der Waals surface area contributed by atoms with Gasteiger partial charge in [-0.3, -0.25) is 4.79 Å². The van der Waals surface area contributed by atoms with E-state index < -0.39 is 0 Å². The SMILES string of the molecule is CCC(CC)CC(=O)NCC(C)(C)CCO. The number of aliphatic hydroxyl groups excluding tert-OH is 1. The molecule has 0 heterocycles. The summed E-state index contributed by atoms with van der Waals surface area (Å²) in [7, 11) is 0. The van der Waals surface area contributed by atoms with Crippen LogP contribution in [-0.2, 0) is 4.79 Å². The van der Waals surface area contributed by atoms with Crippen LogP contribution in [0.2, 0.25) is 0 Å². The summed E-state index contributed by atoms with van der Waals surface area (Å²) in [6.45, 7) is 9.18. The van der Waals surface area contributed by atoms with Crippen LogP contribution in [0.3, 0.4) is 0 Å². The van der Waals surface area contributed by atoms with Crippen molar-refractivity contribution in [1.82, 2.24) is 5.32 Å². The fourth-order valence-electron chi connectivity index (χ4n) is 1.64. The van der Waals surface area contributed by atoms with Gasteiger partial charge in [-0.15, -0.1) is 0 Å². The van der Waals surface area contributed by atoms with E-state index in [-0.39, 0.29) is 17.9 Å². The van der Waals surface area contributed by atoms with Crippen LogP contribution in [0, 0.1) is 11.3 Å². The van der Waals surface area contributed by atoms with E-state index in [1.54, 1.807) is 0 Å². The molecule has 0 fully saturated rings. The molecule has 0 aromatic rings. The van der Waals surface area contributed by atoms with E-state index >= 15 is 0 Å². The van der Waals surface area contributed by atoms with Crippen molar-refractivity contribution in [1.29, 1.82) is 0 Å². The lowest BCUT2D eigenvalue weighted by molar-refractivity contribution is -0.122. The Bertz CT molecular complexity index is 198. The van der Waals surface area contributed by atoms with Gasteiger partial charge < -0.3 is 10.4 Å². The summed E-state index contributed by atoms with van der Waals surface area (Å²) in [6.07, 6.45) is 3.47. The third kappa shape index (κ3) is 6.83. The van der Waals surface area contributed by atoms with E-state index in [0.29, 0.717) is 18.9 Å². The molecular weight excluding hydrogens is 202 g/mol. The van der Waals surface area contributed by atoms with Gasteiger partial charge >= 0.3 is 0 Å². The molecule has 0 aromatic heterocycles. The number of carbonyl (C=O) groups excluding carboxylic acids is 1. The van der Waals surface area contributed by atoms with Crippen LogP contribution in [0.5, 0.6) is 0 Å². The molecule has 2 N–H and O–H groups in total. The zero-order valence-electron chi connectivity index (χ0n) is 11.2. The molecule has 0 aliphatic carbocycles. The average Bonchev–Trinajstić information content (AvgIpc) is 2.23. The highest BCUT2D eigenvalue weighted by Gasteiger charge is 2.18. The number of rotatable bonds is 8. The van der Waals surface area contributed by atoms with Crippen molar-refractivity contribution >= 4 is 5.91 Å². The lowest BCUT2D eigenvalue weighted by atomic mass is 9.89. The Morgan fingerprint density at radius 2 is 1.88 bits per heavy atom. The highest BCUT2D eigenvalue weighted by molar-refractivity contribution is 5.76. The molecule has 3 nitrogen and oxygen atoms in total. The Morgan fingerprint density at radius 1 is 1.31 bits per heavy atom. The van der Waals surface area contributed by atoms with Crippen molar-refractivity contribution in [3.05, 3.63) is 0 Å². The lowest BCUT2D eigenvalue weighted by Gasteiger charge is -2.24. The molecule has 0 unspecified atom stereocenters. The minimum Gasteiger partial charge on any atom is -0.396 e. The van der Waals surface area contributed by atoms with E-state index in [1.807, 2.05) is 0 Å². The number of amides is 1. The maximum Gasteiger partial charge on any atom is 0.220 e. The molecule has 0 atom stereocenters. The van der Waals surface area contributed by atoms with Gasteiger partial charge in [0.05, 0.1) is 0 Å². The summed E-state index contributed by atoms with van der Waals surface area (Å²) in [5, 5.41) is 11.8. The maximum atomic E-state index is 11.6. The largest absolute Gasteiger partial charge is 0.396 e. The molecule has 0 aliphatic rings. The maximum absolute atomic E-state index is 11.6. The fourth-order valence-corrected chi connectivity index (χ4v) is 1.64. The van der Waals surface area contributed by atoms with Gasteiger partial charge in [0.15, 0.2) is 0 Å². The minimum atomic E-state index is -0.0155. The molecule has 16 heavy (non-hydrogen) atoms. The molecule has 0 bridgehead atoms. The molecule has 1 amide bonds. The molecular formula is C13H27NO2. The van der Waals surface area contributed by atoms with E-state index in [1.165, 1.54) is 0 Å². The number of hydrogen-bond donors (Lipinski definition) is 2. The first-order chi connectivity index (χ1) is 7.45. The Labute approximate surface area is 99.6 Å². The summed E-state index contributed by atoms with van der Waals surface area (Å²) < 4.78 is 0. The molecule has 0 spiro atoms. The van der Waals surface area contributed by atoms with Crippen molar-refractivity contribution in [2.24, 2.45) is 11.3 Å². The van der Waals surface area contributed by atoms with Crippen molar-refractivity contribution in [3.8, 4) is 0 Å². The molecule has 0 radical (unpaired) electrons. The predicted molar refractivity (Wildman–Crippen MR) is 67.2 cm³/mol. The highest BCUT2D eigenvalue weighted by atomic mass is 16.3. The molecule has 96 valence electrons. The number of nitrogens with one attached hydrogen (secondary N) is 1. The Hall–Kier alpha value is -0.570. The van der Waals surface area contributed by atoms with Crippen molar-refractivity contribution in [3.63, 3.8) is 0 Å². The summed E-state index contributed by atoms with van der Waals surface area (Å²) >= 11 is 0. The Morgan fingerprint density at radius 3 is 2.31 bits per heavy atom. The highest BCUT2D eigenvalue weighted by Crippen LogP contribution is 2.18. The summed E-state index contributed by atoms with van der Waals surface area (Å²) in [5.74, 6) is 0.640. The first-order valence-electron chi connectivity index (χ1n) is 6.32. The number of aliphatic hydroxyl groups is 1. The first kappa shape index (κ1) is 15.4. The van der Waals surface area contributed by atoms with E-state index in [2.05, 4.69) is 33.0 Å². The predicted octanol–water partition coefficient (Wildman–Crippen LogP) is 2.34. The first-order valence-corrected chi connectivity index (χ1v) is 6.32. The van der Waals surface area contributed by atoms with Crippen LogP contribution in [0.4, 0.5) is 0 Å². The lowest BCUT2D eigenvalue weighted by Crippen LogP contribution is -2.35. The second kappa shape index (κ2) is 7.66. The van der Waals surface area contributed by atoms with E-state index in [4.69, 9.17) is 5.11 Å². The van der Waals surface area contributed by atoms with Gasteiger partial charge in [-0.25, -0.2) is 0 Å². The monoisotopic (exact) mass is 229 g/mol. The van der Waals surface area contributed by atoms with Crippen molar-refractivity contribution in [2.45, 2.75) is 53.4 Å². The van der Waals surface area contributed by atoms with Crippen LogP contribution in [0.1, 0.15) is 53.4 Å². The zero-order chi connectivity index (χ0) is 12.6. The fraction of sp³-hybridized carbons (Fsp3) is 0.923. The van der Waals surface area contributed by atoms with Gasteiger partial charge in [-0.05, 0) is 17.8 Å². The number of hydrogen-bond acceptors (Lipinski definition) is 2. The molecule has 0 rings (SSSR count). The van der Waals surface area contributed by atoms with E-state index in [9.17, 15) is 4.79 Å². The van der Waals surface area contributed by atoms with Crippen LogP contribution >= 0.6 is 0 Å². The average molecular weight is 229 g/mol. The standard InChI is InChI=1S/C13H27NO2/c1-5-11(6-2)9-12(16)14-10-13(3,4)7-8-15/h11,15H,5-10H2,1-4H3,(H,14,16). The Balaban J connectivity index is 3.88. The van der Waals surface area contributed by atoms with Gasteiger partial charge in [0.2, 0.25) is 5.91 Å². The second-order valence-corrected chi connectivity index (χ2v) is 5.30.